The van der Waals surface area contributed by atoms with Crippen LogP contribution in [0.4, 0.5) is 5.69 Å². The Balaban J connectivity index is 2.09. The first-order chi connectivity index (χ1) is 18.0. The monoisotopic (exact) mass is 575 g/mol. The molecule has 1 N–H and O–H groups in total. The molecule has 0 aliphatic heterocycles. The van der Waals surface area contributed by atoms with Gasteiger partial charge in [0.2, 0.25) is 11.8 Å². The molecule has 38 heavy (non-hydrogen) atoms. The molecule has 0 radical (unpaired) electrons. The molecular weight excluding hydrogens is 545 g/mol. The Morgan fingerprint density at radius 3 is 2.16 bits per heavy atom. The lowest BCUT2D eigenvalue weighted by atomic mass is 10.1. The minimum absolute atomic E-state index is 0.0465. The molecule has 0 unspecified atom stereocenters. The van der Waals surface area contributed by atoms with Crippen molar-refractivity contribution in [2.45, 2.75) is 45.2 Å². The van der Waals surface area contributed by atoms with Gasteiger partial charge < -0.3 is 10.2 Å². The maximum Gasteiger partial charge on any atom is 0.264 e. The van der Waals surface area contributed by atoms with Gasteiger partial charge in [-0.1, -0.05) is 65.2 Å². The average Bonchev–Trinajstić information content (AvgIpc) is 2.87. The highest BCUT2D eigenvalue weighted by molar-refractivity contribution is 7.92. The maximum absolute atomic E-state index is 13.9. The summed E-state index contributed by atoms with van der Waals surface area (Å²) in [7, 11) is -4.13. The van der Waals surface area contributed by atoms with Crippen LogP contribution in [0.1, 0.15) is 30.5 Å². The molecule has 3 rings (SSSR count). The van der Waals surface area contributed by atoms with Crippen LogP contribution in [0.5, 0.6) is 0 Å². The van der Waals surface area contributed by atoms with Gasteiger partial charge in [0, 0.05) is 28.7 Å². The summed E-state index contributed by atoms with van der Waals surface area (Å²) in [6.45, 7) is 6.81. The highest BCUT2D eigenvalue weighted by atomic mass is 35.5. The van der Waals surface area contributed by atoms with E-state index in [1.165, 1.54) is 17.0 Å². The minimum Gasteiger partial charge on any atom is -0.355 e. The highest BCUT2D eigenvalue weighted by Gasteiger charge is 2.33. The predicted octanol–water partition coefficient (Wildman–Crippen LogP) is 5.36. The Morgan fingerprint density at radius 2 is 1.58 bits per heavy atom. The molecule has 0 saturated carbocycles. The lowest BCUT2D eigenvalue weighted by Crippen LogP contribution is -2.51. The van der Waals surface area contributed by atoms with Crippen LogP contribution in [0, 0.1) is 13.8 Å². The highest BCUT2D eigenvalue weighted by Crippen LogP contribution is 2.30. The first kappa shape index (κ1) is 29.5. The van der Waals surface area contributed by atoms with Crippen molar-refractivity contribution in [3.05, 3.63) is 93.5 Å². The van der Waals surface area contributed by atoms with Crippen LogP contribution < -0.4 is 9.62 Å². The van der Waals surface area contributed by atoms with Crippen molar-refractivity contribution < 1.29 is 18.0 Å². The number of amides is 2. The summed E-state index contributed by atoms with van der Waals surface area (Å²) >= 11 is 12.8. The number of likely N-dealkylation sites (N-methyl/N-ethyl adjacent to an activating group) is 1. The van der Waals surface area contributed by atoms with E-state index in [1.54, 1.807) is 69.3 Å². The number of halogens is 2. The first-order valence-electron chi connectivity index (χ1n) is 12.1. The fourth-order valence-electron chi connectivity index (χ4n) is 4.08. The van der Waals surface area contributed by atoms with E-state index in [1.807, 2.05) is 13.0 Å². The zero-order valence-corrected chi connectivity index (χ0v) is 24.1. The standard InChI is InChI=1S/C28H31Cl2N3O4S/c1-5-31-28(35)21(4)32(17-23-24(29)12-9-13-25(23)30)27(34)18-33(26-15-14-19(2)16-20(26)3)38(36,37)22-10-7-6-8-11-22/h6-16,21H,5,17-18H2,1-4H3,(H,31,35)/t21-/m1/s1. The summed E-state index contributed by atoms with van der Waals surface area (Å²) in [5.74, 6) is -0.966. The van der Waals surface area contributed by atoms with Gasteiger partial charge in [-0.2, -0.15) is 0 Å². The number of aryl methyl sites for hydroxylation is 2. The number of nitrogens with zero attached hydrogens (tertiary/aromatic N) is 2. The molecule has 10 heteroatoms. The van der Waals surface area contributed by atoms with E-state index in [2.05, 4.69) is 5.32 Å². The molecule has 7 nitrogen and oxygen atoms in total. The first-order valence-corrected chi connectivity index (χ1v) is 14.3. The number of anilines is 1. The third kappa shape index (κ3) is 6.67. The fraction of sp³-hybridized carbons (Fsp3) is 0.286. The van der Waals surface area contributed by atoms with E-state index in [0.717, 1.165) is 9.87 Å². The molecule has 0 heterocycles. The summed E-state index contributed by atoms with van der Waals surface area (Å²) in [5.41, 5.74) is 2.47. The topological polar surface area (TPSA) is 86.8 Å². The number of sulfonamides is 1. The molecule has 0 aliphatic carbocycles. The Bertz CT molecular complexity index is 1390. The van der Waals surface area contributed by atoms with Crippen LogP contribution in [-0.4, -0.2) is 44.3 Å². The predicted molar refractivity (Wildman–Crippen MR) is 152 cm³/mol. The third-order valence-corrected chi connectivity index (χ3v) is 8.62. The zero-order chi connectivity index (χ0) is 28.0. The lowest BCUT2D eigenvalue weighted by Gasteiger charge is -2.32. The van der Waals surface area contributed by atoms with Gasteiger partial charge in [-0.05, 0) is 63.6 Å². The zero-order valence-electron chi connectivity index (χ0n) is 21.7. The van der Waals surface area contributed by atoms with Gasteiger partial charge in [0.15, 0.2) is 0 Å². The Hall–Kier alpha value is -3.07. The van der Waals surface area contributed by atoms with E-state index in [9.17, 15) is 18.0 Å². The van der Waals surface area contributed by atoms with Crippen molar-refractivity contribution in [1.29, 1.82) is 0 Å². The van der Waals surface area contributed by atoms with Crippen molar-refractivity contribution in [3.63, 3.8) is 0 Å². The maximum atomic E-state index is 13.9. The van der Waals surface area contributed by atoms with Gasteiger partial charge in [-0.15, -0.1) is 0 Å². The second kappa shape index (κ2) is 12.7. The van der Waals surface area contributed by atoms with Crippen molar-refractivity contribution in [1.82, 2.24) is 10.2 Å². The number of carbonyl (C=O) groups is 2. The SMILES string of the molecule is CCNC(=O)[C@@H](C)N(Cc1c(Cl)cccc1Cl)C(=O)CN(c1ccc(C)cc1C)S(=O)(=O)c1ccccc1. The second-order valence-corrected chi connectivity index (χ2v) is 11.6. The fourth-order valence-corrected chi connectivity index (χ4v) is 6.09. The Morgan fingerprint density at radius 1 is 0.947 bits per heavy atom. The average molecular weight is 577 g/mol. The molecular formula is C28H31Cl2N3O4S. The molecule has 0 fully saturated rings. The summed E-state index contributed by atoms with van der Waals surface area (Å²) in [5, 5.41) is 3.39. The Kier molecular flexibility index (Phi) is 9.82. The number of hydrogen-bond acceptors (Lipinski definition) is 4. The van der Waals surface area contributed by atoms with Crippen molar-refractivity contribution in [2.24, 2.45) is 0 Å². The van der Waals surface area contributed by atoms with Crippen LogP contribution in [0.15, 0.2) is 71.6 Å². The van der Waals surface area contributed by atoms with Crippen LogP contribution in [0.25, 0.3) is 0 Å². The van der Waals surface area contributed by atoms with E-state index < -0.39 is 28.5 Å². The molecule has 0 saturated heterocycles. The summed E-state index contributed by atoms with van der Waals surface area (Å²) in [6, 6.07) is 17.3. The smallest absolute Gasteiger partial charge is 0.264 e. The lowest BCUT2D eigenvalue weighted by molar-refractivity contribution is -0.139. The summed E-state index contributed by atoms with van der Waals surface area (Å²) < 4.78 is 28.8. The van der Waals surface area contributed by atoms with E-state index >= 15 is 0 Å². The van der Waals surface area contributed by atoms with Gasteiger partial charge in [0.25, 0.3) is 10.0 Å². The minimum atomic E-state index is -4.13. The van der Waals surface area contributed by atoms with Crippen molar-refractivity contribution in [2.75, 3.05) is 17.4 Å². The van der Waals surface area contributed by atoms with E-state index in [4.69, 9.17) is 23.2 Å². The molecule has 202 valence electrons. The molecule has 1 atom stereocenters. The number of nitrogens with one attached hydrogen (secondary N) is 1. The van der Waals surface area contributed by atoms with Gasteiger partial charge in [0.1, 0.15) is 12.6 Å². The Labute approximate surface area is 234 Å². The quantitative estimate of drug-likeness (QED) is 0.352. The summed E-state index contributed by atoms with van der Waals surface area (Å²) in [4.78, 5) is 28.1. The van der Waals surface area contributed by atoms with Gasteiger partial charge in [-0.3, -0.25) is 13.9 Å². The molecule has 0 aromatic heterocycles. The molecule has 0 spiro atoms. The third-order valence-electron chi connectivity index (χ3n) is 6.14. The number of carbonyl (C=O) groups excluding carboxylic acids is 2. The van der Waals surface area contributed by atoms with Crippen LogP contribution in [-0.2, 0) is 26.2 Å². The van der Waals surface area contributed by atoms with Crippen LogP contribution in [0.3, 0.4) is 0 Å². The van der Waals surface area contributed by atoms with Crippen LogP contribution >= 0.6 is 23.2 Å². The number of rotatable bonds is 10. The molecule has 2 amide bonds. The van der Waals surface area contributed by atoms with Gasteiger partial charge in [-0.25, -0.2) is 8.42 Å². The van der Waals surface area contributed by atoms with Crippen molar-refractivity contribution in [3.8, 4) is 0 Å². The normalized spacial score (nSPS) is 12.1. The van der Waals surface area contributed by atoms with Crippen molar-refractivity contribution >= 4 is 50.7 Å². The molecule has 3 aromatic rings. The van der Waals surface area contributed by atoms with E-state index in [0.29, 0.717) is 33.4 Å². The summed E-state index contributed by atoms with van der Waals surface area (Å²) in [6.07, 6.45) is 0. The molecule has 3 aromatic carbocycles. The molecule has 0 aliphatic rings. The van der Waals surface area contributed by atoms with Crippen LogP contribution in [0.2, 0.25) is 10.0 Å². The largest absolute Gasteiger partial charge is 0.355 e. The number of benzene rings is 3. The van der Waals surface area contributed by atoms with Gasteiger partial charge >= 0.3 is 0 Å². The molecule has 0 bridgehead atoms. The van der Waals surface area contributed by atoms with E-state index in [-0.39, 0.29) is 17.3 Å². The van der Waals surface area contributed by atoms with Gasteiger partial charge in [0.05, 0.1) is 10.6 Å². The number of hydrogen-bond donors (Lipinski definition) is 1. The second-order valence-electron chi connectivity index (χ2n) is 8.91.